The zero-order valence-corrected chi connectivity index (χ0v) is 17.5. The lowest BCUT2D eigenvalue weighted by molar-refractivity contribution is 0.0967. The summed E-state index contributed by atoms with van der Waals surface area (Å²) in [5.41, 5.74) is 4.94. The Hall–Kier alpha value is -3.11. The molecule has 0 spiro atoms. The summed E-state index contributed by atoms with van der Waals surface area (Å²) >= 11 is 0. The Balaban J connectivity index is 2.55. The van der Waals surface area contributed by atoms with Crippen molar-refractivity contribution in [1.29, 1.82) is 0 Å². The SMILES string of the molecule is CCCn1c(N)c(N(CCOC)C(=O)c2ccccc2OCCOC)c(=O)[nH]c1=O. The molecule has 3 N–H and O–H groups in total. The third-order valence-corrected chi connectivity index (χ3v) is 4.36. The number of aromatic nitrogens is 2. The highest BCUT2D eigenvalue weighted by molar-refractivity contribution is 6.08. The fourth-order valence-corrected chi connectivity index (χ4v) is 2.93. The van der Waals surface area contributed by atoms with E-state index in [1.165, 1.54) is 16.6 Å². The van der Waals surface area contributed by atoms with E-state index in [2.05, 4.69) is 4.98 Å². The number of carbonyl (C=O) groups excluding carboxylic acids is 1. The van der Waals surface area contributed by atoms with Crippen molar-refractivity contribution in [2.24, 2.45) is 0 Å². The van der Waals surface area contributed by atoms with Crippen molar-refractivity contribution in [3.05, 3.63) is 50.7 Å². The van der Waals surface area contributed by atoms with Crippen molar-refractivity contribution < 1.29 is 19.0 Å². The number of anilines is 2. The zero-order valence-electron chi connectivity index (χ0n) is 17.5. The molecule has 10 nitrogen and oxygen atoms in total. The van der Waals surface area contributed by atoms with Gasteiger partial charge in [0, 0.05) is 27.3 Å². The van der Waals surface area contributed by atoms with E-state index in [1.54, 1.807) is 31.4 Å². The molecule has 30 heavy (non-hydrogen) atoms. The molecule has 0 fully saturated rings. The fourth-order valence-electron chi connectivity index (χ4n) is 2.93. The quantitative estimate of drug-likeness (QED) is 0.516. The molecule has 2 rings (SSSR count). The number of hydrogen-bond donors (Lipinski definition) is 2. The van der Waals surface area contributed by atoms with E-state index in [-0.39, 0.29) is 36.8 Å². The number of nitrogens with one attached hydrogen (secondary N) is 1. The van der Waals surface area contributed by atoms with Crippen LogP contribution in [0.5, 0.6) is 5.75 Å². The van der Waals surface area contributed by atoms with Crippen LogP contribution < -0.4 is 26.6 Å². The van der Waals surface area contributed by atoms with Gasteiger partial charge in [0.2, 0.25) is 0 Å². The highest BCUT2D eigenvalue weighted by Crippen LogP contribution is 2.24. The average molecular weight is 420 g/mol. The fraction of sp³-hybridized carbons (Fsp3) is 0.450. The maximum atomic E-state index is 13.4. The van der Waals surface area contributed by atoms with Gasteiger partial charge in [-0.25, -0.2) is 4.79 Å². The monoisotopic (exact) mass is 420 g/mol. The molecule has 0 saturated carbocycles. The van der Waals surface area contributed by atoms with Crippen molar-refractivity contribution in [3.63, 3.8) is 0 Å². The number of benzene rings is 1. The van der Waals surface area contributed by atoms with Crippen LogP contribution in [-0.4, -0.2) is 56.0 Å². The van der Waals surface area contributed by atoms with Gasteiger partial charge in [-0.15, -0.1) is 0 Å². The smallest absolute Gasteiger partial charge is 0.330 e. The molecule has 1 heterocycles. The van der Waals surface area contributed by atoms with Crippen LogP contribution in [0.15, 0.2) is 33.9 Å². The van der Waals surface area contributed by atoms with Crippen LogP contribution in [0.25, 0.3) is 0 Å². The topological polar surface area (TPSA) is 129 Å². The van der Waals surface area contributed by atoms with Gasteiger partial charge < -0.3 is 19.9 Å². The molecule has 1 amide bonds. The third kappa shape index (κ3) is 5.28. The number of H-pyrrole nitrogens is 1. The summed E-state index contributed by atoms with van der Waals surface area (Å²) in [6.45, 7) is 2.99. The highest BCUT2D eigenvalue weighted by atomic mass is 16.5. The van der Waals surface area contributed by atoms with Crippen molar-refractivity contribution >= 4 is 17.4 Å². The van der Waals surface area contributed by atoms with E-state index < -0.39 is 17.2 Å². The second-order valence-electron chi connectivity index (χ2n) is 6.43. The molecule has 0 unspecified atom stereocenters. The number of carbonyl (C=O) groups is 1. The number of amides is 1. The van der Waals surface area contributed by atoms with Gasteiger partial charge in [-0.05, 0) is 18.6 Å². The Morgan fingerprint density at radius 3 is 2.50 bits per heavy atom. The molecule has 0 atom stereocenters. The molecule has 2 aromatic rings. The van der Waals surface area contributed by atoms with Crippen LogP contribution >= 0.6 is 0 Å². The first-order chi connectivity index (χ1) is 14.5. The van der Waals surface area contributed by atoms with Gasteiger partial charge in [0.15, 0.2) is 5.69 Å². The molecule has 0 aliphatic carbocycles. The minimum Gasteiger partial charge on any atom is -0.490 e. The molecule has 10 heteroatoms. The van der Waals surface area contributed by atoms with E-state index in [0.29, 0.717) is 25.3 Å². The van der Waals surface area contributed by atoms with Crippen molar-refractivity contribution in [3.8, 4) is 5.75 Å². The van der Waals surface area contributed by atoms with Crippen molar-refractivity contribution in [2.75, 3.05) is 51.2 Å². The molecule has 0 aliphatic rings. The van der Waals surface area contributed by atoms with Crippen LogP contribution in [0.2, 0.25) is 0 Å². The lowest BCUT2D eigenvalue weighted by atomic mass is 10.1. The first-order valence-electron chi connectivity index (χ1n) is 9.60. The Morgan fingerprint density at radius 1 is 1.13 bits per heavy atom. The lowest BCUT2D eigenvalue weighted by Gasteiger charge is -2.25. The Labute approximate surface area is 174 Å². The Bertz CT molecular complexity index is 968. The first-order valence-corrected chi connectivity index (χ1v) is 9.60. The van der Waals surface area contributed by atoms with E-state index in [4.69, 9.17) is 19.9 Å². The number of nitrogen functional groups attached to an aromatic ring is 1. The predicted molar refractivity (Wildman–Crippen MR) is 113 cm³/mol. The summed E-state index contributed by atoms with van der Waals surface area (Å²) < 4.78 is 17.0. The number of nitrogens with zero attached hydrogens (tertiary/aromatic N) is 2. The lowest BCUT2D eigenvalue weighted by Crippen LogP contribution is -2.42. The minimum atomic E-state index is -0.743. The summed E-state index contributed by atoms with van der Waals surface area (Å²) in [6.07, 6.45) is 0.623. The van der Waals surface area contributed by atoms with Gasteiger partial charge in [-0.1, -0.05) is 19.1 Å². The zero-order chi connectivity index (χ0) is 22.1. The highest BCUT2D eigenvalue weighted by Gasteiger charge is 2.27. The standard InChI is InChI=1S/C20H28N4O6/c1-4-9-24-17(21)16(18(25)22-20(24)27)23(10-11-28-2)19(26)14-7-5-6-8-15(14)30-13-12-29-3/h5-8H,4,9-13,21H2,1-3H3,(H,22,25,27). The number of nitrogens with two attached hydrogens (primary N) is 1. The summed E-state index contributed by atoms with van der Waals surface area (Å²) in [6, 6.07) is 6.68. The minimum absolute atomic E-state index is 0.0549. The molecule has 0 radical (unpaired) electrons. The molecule has 0 saturated heterocycles. The third-order valence-electron chi connectivity index (χ3n) is 4.36. The van der Waals surface area contributed by atoms with Gasteiger partial charge in [-0.2, -0.15) is 0 Å². The number of ether oxygens (including phenoxy) is 3. The van der Waals surface area contributed by atoms with Crippen LogP contribution in [0.4, 0.5) is 11.5 Å². The summed E-state index contributed by atoms with van der Waals surface area (Å²) in [7, 11) is 3.03. The van der Waals surface area contributed by atoms with Gasteiger partial charge in [0.05, 0.1) is 18.8 Å². The number of methoxy groups -OCH3 is 2. The van der Waals surface area contributed by atoms with E-state index in [9.17, 15) is 14.4 Å². The molecule has 0 bridgehead atoms. The van der Waals surface area contributed by atoms with Crippen molar-refractivity contribution in [2.45, 2.75) is 19.9 Å². The van der Waals surface area contributed by atoms with Crippen LogP contribution in [0.1, 0.15) is 23.7 Å². The Kier molecular flexibility index (Phi) is 8.63. The number of rotatable bonds is 11. The van der Waals surface area contributed by atoms with E-state index >= 15 is 0 Å². The summed E-state index contributed by atoms with van der Waals surface area (Å²) in [5, 5.41) is 0. The van der Waals surface area contributed by atoms with Gasteiger partial charge in [0.25, 0.3) is 11.5 Å². The van der Waals surface area contributed by atoms with Gasteiger partial charge in [-0.3, -0.25) is 24.0 Å². The largest absolute Gasteiger partial charge is 0.490 e. The molecule has 0 aliphatic heterocycles. The molecular formula is C20H28N4O6. The molecule has 1 aromatic carbocycles. The molecule has 164 valence electrons. The van der Waals surface area contributed by atoms with Gasteiger partial charge >= 0.3 is 5.69 Å². The second-order valence-corrected chi connectivity index (χ2v) is 6.43. The predicted octanol–water partition coefficient (Wildman–Crippen LogP) is 0.847. The van der Waals surface area contributed by atoms with Crippen LogP contribution in [-0.2, 0) is 16.0 Å². The van der Waals surface area contributed by atoms with Crippen molar-refractivity contribution in [1.82, 2.24) is 9.55 Å². The van der Waals surface area contributed by atoms with Crippen LogP contribution in [0, 0.1) is 0 Å². The second kappa shape index (κ2) is 11.2. The van der Waals surface area contributed by atoms with E-state index in [1.807, 2.05) is 6.92 Å². The Morgan fingerprint density at radius 2 is 1.83 bits per heavy atom. The average Bonchev–Trinajstić information content (AvgIpc) is 2.73. The number of para-hydroxylation sites is 1. The van der Waals surface area contributed by atoms with E-state index in [0.717, 1.165) is 0 Å². The summed E-state index contributed by atoms with van der Waals surface area (Å²) in [4.78, 5) is 41.6. The maximum absolute atomic E-state index is 13.4. The first kappa shape index (κ1) is 23.2. The number of aromatic amines is 1. The molecular weight excluding hydrogens is 392 g/mol. The number of hydrogen-bond acceptors (Lipinski definition) is 7. The summed E-state index contributed by atoms with van der Waals surface area (Å²) in [5.74, 6) is -0.231. The normalized spacial score (nSPS) is 10.8. The van der Waals surface area contributed by atoms with Gasteiger partial charge in [0.1, 0.15) is 18.2 Å². The molecule has 1 aromatic heterocycles. The van der Waals surface area contributed by atoms with Crippen LogP contribution in [0.3, 0.4) is 0 Å². The maximum Gasteiger partial charge on any atom is 0.330 e.